The van der Waals surface area contributed by atoms with Crippen molar-refractivity contribution < 1.29 is 13.6 Å². The van der Waals surface area contributed by atoms with Crippen LogP contribution in [0.2, 0.25) is 10.0 Å². The van der Waals surface area contributed by atoms with E-state index in [0.29, 0.717) is 35.1 Å². The van der Waals surface area contributed by atoms with E-state index in [-0.39, 0.29) is 19.5 Å². The molecule has 0 aliphatic carbocycles. The molecule has 1 saturated heterocycles. The van der Waals surface area contributed by atoms with Crippen LogP contribution in [0.1, 0.15) is 36.7 Å². The molecule has 3 heterocycles. The molecule has 10 heteroatoms. The maximum Gasteiger partial charge on any atom is 0.346 e. The monoisotopic (exact) mass is 430 g/mol. The highest BCUT2D eigenvalue weighted by atomic mass is 35.5. The Bertz CT molecular complexity index is 988. The minimum atomic E-state index is -2.86. The number of hydrogen-bond donors (Lipinski definition) is 0. The summed E-state index contributed by atoms with van der Waals surface area (Å²) in [5.41, 5.74) is 0.319. The Labute approximate surface area is 169 Å². The topological polar surface area (TPSA) is 60.1 Å². The molecule has 1 aromatic carbocycles. The summed E-state index contributed by atoms with van der Waals surface area (Å²) in [6.45, 7) is -0.411. The number of nitrogens with zero attached hydrogens (tertiary/aromatic N) is 4. The molecule has 150 valence electrons. The van der Waals surface area contributed by atoms with Crippen molar-refractivity contribution in [2.75, 3.05) is 13.1 Å². The van der Waals surface area contributed by atoms with Gasteiger partial charge >= 0.3 is 5.69 Å². The number of halogens is 4. The van der Waals surface area contributed by atoms with E-state index >= 15 is 0 Å². The Morgan fingerprint density at radius 1 is 1.29 bits per heavy atom. The van der Waals surface area contributed by atoms with Crippen molar-refractivity contribution in [2.45, 2.75) is 44.2 Å². The number of aromatic nitrogens is 3. The van der Waals surface area contributed by atoms with Crippen LogP contribution in [0.5, 0.6) is 0 Å². The van der Waals surface area contributed by atoms with Gasteiger partial charge in [-0.2, -0.15) is 5.10 Å². The average molecular weight is 431 g/mol. The third-order valence-corrected chi connectivity index (χ3v) is 5.95. The summed E-state index contributed by atoms with van der Waals surface area (Å²) in [7, 11) is 0. The molecule has 4 rings (SSSR count). The highest BCUT2D eigenvalue weighted by Gasteiger charge is 2.43. The van der Waals surface area contributed by atoms with Crippen molar-refractivity contribution >= 4 is 29.1 Å². The van der Waals surface area contributed by atoms with Gasteiger partial charge in [0.1, 0.15) is 11.9 Å². The van der Waals surface area contributed by atoms with Crippen LogP contribution in [0.25, 0.3) is 0 Å². The van der Waals surface area contributed by atoms with Gasteiger partial charge in [-0.15, -0.1) is 0 Å². The minimum absolute atomic E-state index is 0.00380. The fourth-order valence-electron chi connectivity index (χ4n) is 3.81. The first kappa shape index (κ1) is 19.4. The lowest BCUT2D eigenvalue weighted by Crippen LogP contribution is -2.42. The summed E-state index contributed by atoms with van der Waals surface area (Å²) in [4.78, 5) is 26.9. The number of carbonyl (C=O) groups excluding carboxylic acids is 1. The second-order valence-corrected chi connectivity index (χ2v) is 8.06. The number of alkyl halides is 2. The Morgan fingerprint density at radius 3 is 2.75 bits per heavy atom. The van der Waals surface area contributed by atoms with Gasteiger partial charge in [0, 0.05) is 19.4 Å². The predicted octanol–water partition coefficient (Wildman–Crippen LogP) is 3.14. The highest BCUT2D eigenvalue weighted by molar-refractivity contribution is 6.42. The molecule has 0 unspecified atom stereocenters. The van der Waals surface area contributed by atoms with Crippen LogP contribution in [-0.2, 0) is 17.8 Å². The van der Waals surface area contributed by atoms with Crippen LogP contribution in [0, 0.1) is 0 Å². The number of hydrogen-bond acceptors (Lipinski definition) is 3. The summed E-state index contributed by atoms with van der Waals surface area (Å²) >= 11 is 11.9. The maximum absolute atomic E-state index is 13.5. The third-order valence-electron chi connectivity index (χ3n) is 5.21. The fourth-order valence-corrected chi connectivity index (χ4v) is 4.13. The van der Waals surface area contributed by atoms with E-state index in [2.05, 4.69) is 5.10 Å². The quantitative estimate of drug-likeness (QED) is 0.751. The molecule has 28 heavy (non-hydrogen) atoms. The lowest BCUT2D eigenvalue weighted by atomic mass is 10.0. The second kappa shape index (κ2) is 7.15. The average Bonchev–Trinajstić information content (AvgIpc) is 3.17. The molecule has 0 saturated carbocycles. The molecule has 0 radical (unpaired) electrons. The second-order valence-electron chi connectivity index (χ2n) is 7.25. The van der Waals surface area contributed by atoms with Gasteiger partial charge in [0.05, 0.1) is 23.1 Å². The standard InChI is InChI=1S/C18H18Cl2F2N4O2/c19-12-5-4-11(8-13(12)20)9-25-17(28)26-14(2-1-3-15(26)23-25)16(27)24-7-6-18(21,22)10-24/h4-5,8,14H,1-3,6-7,9-10H2/t14-/m1/s1. The van der Waals surface area contributed by atoms with Gasteiger partial charge in [0.2, 0.25) is 5.91 Å². The van der Waals surface area contributed by atoms with Crippen molar-refractivity contribution in [2.24, 2.45) is 0 Å². The van der Waals surface area contributed by atoms with E-state index < -0.39 is 30.1 Å². The van der Waals surface area contributed by atoms with Crippen molar-refractivity contribution in [3.63, 3.8) is 0 Å². The Morgan fingerprint density at radius 2 is 2.07 bits per heavy atom. The maximum atomic E-state index is 13.5. The minimum Gasteiger partial charge on any atom is -0.335 e. The van der Waals surface area contributed by atoms with Gasteiger partial charge < -0.3 is 4.90 Å². The summed E-state index contributed by atoms with van der Waals surface area (Å²) < 4.78 is 29.6. The van der Waals surface area contributed by atoms with E-state index in [4.69, 9.17) is 23.2 Å². The molecule has 0 N–H and O–H groups in total. The molecule has 1 fully saturated rings. The van der Waals surface area contributed by atoms with Gasteiger partial charge in [0.15, 0.2) is 0 Å². The number of amides is 1. The normalized spacial score (nSPS) is 21.0. The molecule has 1 aromatic heterocycles. The largest absolute Gasteiger partial charge is 0.346 e. The fraction of sp³-hybridized carbons (Fsp3) is 0.500. The van der Waals surface area contributed by atoms with E-state index in [1.54, 1.807) is 18.2 Å². The summed E-state index contributed by atoms with van der Waals surface area (Å²) in [5.74, 6) is -2.80. The van der Waals surface area contributed by atoms with Crippen molar-refractivity contribution in [3.05, 3.63) is 50.1 Å². The number of benzene rings is 1. The van der Waals surface area contributed by atoms with Crippen LogP contribution < -0.4 is 5.69 Å². The number of rotatable bonds is 3. The zero-order valence-corrected chi connectivity index (χ0v) is 16.4. The van der Waals surface area contributed by atoms with E-state index in [1.165, 1.54) is 9.25 Å². The van der Waals surface area contributed by atoms with Crippen LogP contribution in [-0.4, -0.2) is 44.2 Å². The van der Waals surface area contributed by atoms with Crippen LogP contribution in [0.4, 0.5) is 8.78 Å². The van der Waals surface area contributed by atoms with Crippen LogP contribution in [0.15, 0.2) is 23.0 Å². The first-order chi connectivity index (χ1) is 13.2. The first-order valence-corrected chi connectivity index (χ1v) is 9.79. The van der Waals surface area contributed by atoms with Crippen molar-refractivity contribution in [1.29, 1.82) is 0 Å². The highest BCUT2D eigenvalue weighted by Crippen LogP contribution is 2.31. The molecule has 0 bridgehead atoms. The molecule has 6 nitrogen and oxygen atoms in total. The zero-order valence-electron chi connectivity index (χ0n) is 14.9. The molecular weight excluding hydrogens is 413 g/mol. The molecule has 2 aliphatic heterocycles. The van der Waals surface area contributed by atoms with Gasteiger partial charge in [0.25, 0.3) is 5.92 Å². The summed E-state index contributed by atoms with van der Waals surface area (Å²) in [6.07, 6.45) is 1.32. The number of fused-ring (bicyclic) bond motifs is 1. The van der Waals surface area contributed by atoms with Crippen LogP contribution in [0.3, 0.4) is 0 Å². The number of likely N-dealkylation sites (tertiary alicyclic amines) is 1. The lowest BCUT2D eigenvalue weighted by molar-refractivity contribution is -0.135. The summed E-state index contributed by atoms with van der Waals surface area (Å²) in [5, 5.41) is 5.14. The molecule has 0 spiro atoms. The molecule has 1 amide bonds. The van der Waals surface area contributed by atoms with Gasteiger partial charge in [-0.3, -0.25) is 9.36 Å². The molecular formula is C18H18Cl2F2N4O2. The Kier molecular flexibility index (Phi) is 4.95. The van der Waals surface area contributed by atoms with Gasteiger partial charge in [-0.05, 0) is 30.5 Å². The molecule has 1 atom stereocenters. The molecule has 2 aromatic rings. The smallest absolute Gasteiger partial charge is 0.335 e. The SMILES string of the molecule is O=C([C@H]1CCCc2nn(Cc3ccc(Cl)c(Cl)c3)c(=O)n21)N1CCC(F)(F)C1. The van der Waals surface area contributed by atoms with Gasteiger partial charge in [-0.25, -0.2) is 18.3 Å². The number of aryl methyl sites for hydroxylation is 1. The van der Waals surface area contributed by atoms with Gasteiger partial charge in [-0.1, -0.05) is 29.3 Å². The zero-order chi connectivity index (χ0) is 20.1. The lowest BCUT2D eigenvalue weighted by Gasteiger charge is -2.27. The predicted molar refractivity (Wildman–Crippen MR) is 100 cm³/mol. The molecule has 2 aliphatic rings. The summed E-state index contributed by atoms with van der Waals surface area (Å²) in [6, 6.07) is 4.25. The van der Waals surface area contributed by atoms with E-state index in [1.807, 2.05) is 0 Å². The van der Waals surface area contributed by atoms with Crippen molar-refractivity contribution in [1.82, 2.24) is 19.2 Å². The van der Waals surface area contributed by atoms with E-state index in [9.17, 15) is 18.4 Å². The van der Waals surface area contributed by atoms with Crippen LogP contribution >= 0.6 is 23.2 Å². The number of carbonyl (C=O) groups is 1. The first-order valence-electron chi connectivity index (χ1n) is 9.04. The Hall–Kier alpha value is -1.93. The van der Waals surface area contributed by atoms with Crippen molar-refractivity contribution in [3.8, 4) is 0 Å². The Balaban J connectivity index is 1.62. The third kappa shape index (κ3) is 3.55. The van der Waals surface area contributed by atoms with E-state index in [0.717, 1.165) is 10.5 Å².